The van der Waals surface area contributed by atoms with Gasteiger partial charge in [-0.2, -0.15) is 9.37 Å². The van der Waals surface area contributed by atoms with Crippen LogP contribution in [-0.2, 0) is 0 Å². The Morgan fingerprint density at radius 3 is 2.85 bits per heavy atom. The minimum Gasteiger partial charge on any atom is -0.429 e. The highest BCUT2D eigenvalue weighted by molar-refractivity contribution is 5.53. The number of hydrogen-bond acceptors (Lipinski definition) is 6. The standard InChI is InChI=1S/C12H11FN4O3/c1-7-4-3-5-9(10(7)17(18)19)20-11-8(13)6-15-12(14-2)16-11/h3-6H,1-2H3,(H,14,15,16). The van der Waals surface area contributed by atoms with Crippen molar-refractivity contribution in [2.45, 2.75) is 6.92 Å². The topological polar surface area (TPSA) is 90.2 Å². The van der Waals surface area contributed by atoms with Crippen molar-refractivity contribution >= 4 is 11.6 Å². The van der Waals surface area contributed by atoms with Crippen LogP contribution in [0.5, 0.6) is 11.6 Å². The highest BCUT2D eigenvalue weighted by Gasteiger charge is 2.20. The molecule has 0 spiro atoms. The summed E-state index contributed by atoms with van der Waals surface area (Å²) in [4.78, 5) is 17.9. The van der Waals surface area contributed by atoms with Crippen molar-refractivity contribution in [3.63, 3.8) is 0 Å². The first kappa shape index (κ1) is 13.7. The average Bonchev–Trinajstić information content (AvgIpc) is 2.41. The quantitative estimate of drug-likeness (QED) is 0.683. The first-order valence-corrected chi connectivity index (χ1v) is 5.65. The zero-order valence-corrected chi connectivity index (χ0v) is 10.8. The maximum Gasteiger partial charge on any atom is 0.314 e. The van der Waals surface area contributed by atoms with E-state index in [0.29, 0.717) is 5.56 Å². The van der Waals surface area contributed by atoms with Crippen molar-refractivity contribution in [3.05, 3.63) is 45.9 Å². The lowest BCUT2D eigenvalue weighted by molar-refractivity contribution is -0.386. The lowest BCUT2D eigenvalue weighted by Gasteiger charge is -2.08. The van der Waals surface area contributed by atoms with Gasteiger partial charge in [0.05, 0.1) is 11.1 Å². The summed E-state index contributed by atoms with van der Waals surface area (Å²) in [6.45, 7) is 1.57. The Hall–Kier alpha value is -2.77. The lowest BCUT2D eigenvalue weighted by Crippen LogP contribution is -2.02. The molecule has 104 valence electrons. The molecule has 0 amide bonds. The molecule has 0 radical (unpaired) electrons. The number of nitrogens with zero attached hydrogens (tertiary/aromatic N) is 3. The van der Waals surface area contributed by atoms with Gasteiger partial charge < -0.3 is 10.1 Å². The van der Waals surface area contributed by atoms with Gasteiger partial charge in [-0.25, -0.2) is 4.98 Å². The van der Waals surface area contributed by atoms with Crippen LogP contribution in [0.3, 0.4) is 0 Å². The predicted octanol–water partition coefficient (Wildman–Crippen LogP) is 2.67. The molecule has 2 rings (SSSR count). The molecule has 2 aromatic rings. The summed E-state index contributed by atoms with van der Waals surface area (Å²) in [7, 11) is 1.56. The van der Waals surface area contributed by atoms with Crippen LogP contribution in [0.4, 0.5) is 16.0 Å². The number of hydrogen-bond donors (Lipinski definition) is 1. The Balaban J connectivity index is 2.45. The molecule has 0 saturated heterocycles. The smallest absolute Gasteiger partial charge is 0.314 e. The molecule has 1 heterocycles. The van der Waals surface area contributed by atoms with Crippen LogP contribution in [0, 0.1) is 22.9 Å². The molecule has 1 N–H and O–H groups in total. The second kappa shape index (κ2) is 5.47. The molecule has 1 aromatic heterocycles. The normalized spacial score (nSPS) is 10.2. The fourth-order valence-corrected chi connectivity index (χ4v) is 1.60. The van der Waals surface area contributed by atoms with Gasteiger partial charge in [-0.1, -0.05) is 12.1 Å². The van der Waals surface area contributed by atoms with Crippen molar-refractivity contribution in [1.29, 1.82) is 0 Å². The summed E-state index contributed by atoms with van der Waals surface area (Å²) in [6.07, 6.45) is 0.926. The SMILES string of the molecule is CNc1ncc(F)c(Oc2cccc(C)c2[N+](=O)[O-])n1. The van der Waals surface area contributed by atoms with E-state index in [1.165, 1.54) is 6.07 Å². The summed E-state index contributed by atoms with van der Waals surface area (Å²) in [6, 6.07) is 4.53. The van der Waals surface area contributed by atoms with Gasteiger partial charge in [0, 0.05) is 12.6 Å². The number of aromatic nitrogens is 2. The number of nitrogens with one attached hydrogen (secondary N) is 1. The number of halogens is 1. The van der Waals surface area contributed by atoms with E-state index in [2.05, 4.69) is 15.3 Å². The monoisotopic (exact) mass is 278 g/mol. The zero-order valence-electron chi connectivity index (χ0n) is 10.8. The van der Waals surface area contributed by atoms with E-state index in [1.807, 2.05) is 0 Å². The number of benzene rings is 1. The number of rotatable bonds is 4. The van der Waals surface area contributed by atoms with Gasteiger partial charge in [0.1, 0.15) is 0 Å². The van der Waals surface area contributed by atoms with E-state index in [9.17, 15) is 14.5 Å². The van der Waals surface area contributed by atoms with Crippen molar-refractivity contribution in [2.24, 2.45) is 0 Å². The molecule has 8 heteroatoms. The molecule has 0 bridgehead atoms. The van der Waals surface area contributed by atoms with Crippen LogP contribution in [0.2, 0.25) is 0 Å². The molecule has 0 unspecified atom stereocenters. The third kappa shape index (κ3) is 2.63. The molecule has 1 aromatic carbocycles. The van der Waals surface area contributed by atoms with E-state index in [1.54, 1.807) is 26.1 Å². The van der Waals surface area contributed by atoms with E-state index in [0.717, 1.165) is 6.20 Å². The van der Waals surface area contributed by atoms with Crippen LogP contribution in [-0.4, -0.2) is 21.9 Å². The number of ether oxygens (including phenoxy) is 1. The van der Waals surface area contributed by atoms with Gasteiger partial charge in [0.15, 0.2) is 0 Å². The predicted molar refractivity (Wildman–Crippen MR) is 69.4 cm³/mol. The molecule has 0 fully saturated rings. The van der Waals surface area contributed by atoms with Crippen LogP contribution in [0.1, 0.15) is 5.56 Å². The third-order valence-corrected chi connectivity index (χ3v) is 2.53. The Labute approximate surface area is 113 Å². The zero-order chi connectivity index (χ0) is 14.7. The minimum atomic E-state index is -0.806. The van der Waals surface area contributed by atoms with Crippen molar-refractivity contribution in [3.8, 4) is 11.6 Å². The van der Waals surface area contributed by atoms with E-state index >= 15 is 0 Å². The first-order valence-electron chi connectivity index (χ1n) is 5.65. The maximum atomic E-state index is 13.6. The third-order valence-electron chi connectivity index (χ3n) is 2.53. The molecule has 20 heavy (non-hydrogen) atoms. The van der Waals surface area contributed by atoms with Crippen LogP contribution in [0.15, 0.2) is 24.4 Å². The Morgan fingerprint density at radius 2 is 2.20 bits per heavy atom. The highest BCUT2D eigenvalue weighted by Crippen LogP contribution is 2.34. The Morgan fingerprint density at radius 1 is 1.45 bits per heavy atom. The van der Waals surface area contributed by atoms with Crippen molar-refractivity contribution in [2.75, 3.05) is 12.4 Å². The largest absolute Gasteiger partial charge is 0.429 e. The summed E-state index contributed by atoms with van der Waals surface area (Å²) in [5.41, 5.74) is 0.187. The summed E-state index contributed by atoms with van der Waals surface area (Å²) in [5.74, 6) is -1.11. The summed E-state index contributed by atoms with van der Waals surface area (Å²) in [5, 5.41) is 13.7. The van der Waals surface area contributed by atoms with Crippen molar-refractivity contribution < 1.29 is 14.1 Å². The highest BCUT2D eigenvalue weighted by atomic mass is 19.1. The molecule has 0 aliphatic heterocycles. The fourth-order valence-electron chi connectivity index (χ4n) is 1.60. The van der Waals surface area contributed by atoms with Gasteiger partial charge in [-0.05, 0) is 13.0 Å². The van der Waals surface area contributed by atoms with E-state index in [-0.39, 0.29) is 23.3 Å². The maximum absolute atomic E-state index is 13.6. The number of nitro groups is 1. The number of anilines is 1. The Bertz CT molecular complexity index is 663. The van der Waals surface area contributed by atoms with Crippen LogP contribution in [0.25, 0.3) is 0 Å². The van der Waals surface area contributed by atoms with E-state index < -0.39 is 10.7 Å². The number of nitro benzene ring substituents is 1. The lowest BCUT2D eigenvalue weighted by atomic mass is 10.2. The van der Waals surface area contributed by atoms with Gasteiger partial charge in [0.2, 0.25) is 17.5 Å². The van der Waals surface area contributed by atoms with Crippen LogP contribution >= 0.6 is 0 Å². The molecule has 0 aliphatic rings. The van der Waals surface area contributed by atoms with Crippen molar-refractivity contribution in [1.82, 2.24) is 9.97 Å². The second-order valence-corrected chi connectivity index (χ2v) is 3.88. The van der Waals surface area contributed by atoms with Gasteiger partial charge in [-0.15, -0.1) is 0 Å². The molecule has 0 atom stereocenters. The molecular weight excluding hydrogens is 267 g/mol. The number of para-hydroxylation sites is 1. The van der Waals surface area contributed by atoms with Gasteiger partial charge in [-0.3, -0.25) is 10.1 Å². The fraction of sp³-hybridized carbons (Fsp3) is 0.167. The second-order valence-electron chi connectivity index (χ2n) is 3.88. The van der Waals surface area contributed by atoms with Gasteiger partial charge >= 0.3 is 5.69 Å². The molecule has 0 saturated carbocycles. The first-order chi connectivity index (χ1) is 9.52. The molecule has 7 nitrogen and oxygen atoms in total. The number of aryl methyl sites for hydroxylation is 1. The van der Waals surface area contributed by atoms with E-state index in [4.69, 9.17) is 4.74 Å². The average molecular weight is 278 g/mol. The molecular formula is C12H11FN4O3. The van der Waals surface area contributed by atoms with Gasteiger partial charge in [0.25, 0.3) is 5.88 Å². The summed E-state index contributed by atoms with van der Waals surface area (Å²) < 4.78 is 18.8. The molecule has 0 aliphatic carbocycles. The summed E-state index contributed by atoms with van der Waals surface area (Å²) >= 11 is 0. The van der Waals surface area contributed by atoms with Crippen LogP contribution < -0.4 is 10.1 Å². The minimum absolute atomic E-state index is 0.0744. The Kier molecular flexibility index (Phi) is 3.74.